The number of fused-ring (bicyclic) bond motifs is 4. The van der Waals surface area contributed by atoms with E-state index in [9.17, 15) is 0 Å². The Morgan fingerprint density at radius 2 is 0.812 bits per heavy atom. The average molecular weight is 611 g/mol. The molecule has 1 heterocycles. The molecule has 224 valence electrons. The van der Waals surface area contributed by atoms with Gasteiger partial charge in [0.25, 0.3) is 0 Å². The second-order valence-electron chi connectivity index (χ2n) is 12.2. The molecule has 0 aliphatic rings. The van der Waals surface area contributed by atoms with Gasteiger partial charge < -0.3 is 0 Å². The van der Waals surface area contributed by atoms with Crippen molar-refractivity contribution in [2.24, 2.45) is 0 Å². The molecule has 0 saturated carbocycles. The van der Waals surface area contributed by atoms with Crippen molar-refractivity contribution in [2.75, 3.05) is 0 Å². The molecule has 0 spiro atoms. The highest BCUT2D eigenvalue weighted by molar-refractivity contribution is 6.13. The summed E-state index contributed by atoms with van der Waals surface area (Å²) in [5.74, 6) is 0.716. The Morgan fingerprint density at radius 1 is 0.271 bits per heavy atom. The van der Waals surface area contributed by atoms with E-state index in [1.807, 2.05) is 0 Å². The molecule has 8 aromatic carbocycles. The van der Waals surface area contributed by atoms with Crippen molar-refractivity contribution in [3.63, 3.8) is 0 Å². The summed E-state index contributed by atoms with van der Waals surface area (Å²) >= 11 is 0. The zero-order chi connectivity index (χ0) is 31.9. The summed E-state index contributed by atoms with van der Waals surface area (Å²) in [6.07, 6.45) is 0. The lowest BCUT2D eigenvalue weighted by Crippen LogP contribution is -1.97. The summed E-state index contributed by atoms with van der Waals surface area (Å²) in [6.45, 7) is 0. The van der Waals surface area contributed by atoms with E-state index < -0.39 is 0 Å². The first-order chi connectivity index (χ1) is 23.8. The van der Waals surface area contributed by atoms with Gasteiger partial charge in [-0.15, -0.1) is 0 Å². The van der Waals surface area contributed by atoms with E-state index in [0.29, 0.717) is 5.82 Å². The summed E-state index contributed by atoms with van der Waals surface area (Å²) < 4.78 is 0. The van der Waals surface area contributed by atoms with E-state index in [-0.39, 0.29) is 0 Å². The first-order valence-corrected chi connectivity index (χ1v) is 16.3. The number of nitrogens with zero attached hydrogens (tertiary/aromatic N) is 2. The van der Waals surface area contributed by atoms with Gasteiger partial charge >= 0.3 is 0 Å². The van der Waals surface area contributed by atoms with Crippen LogP contribution in [-0.2, 0) is 0 Å². The molecule has 9 aromatic rings. The van der Waals surface area contributed by atoms with Crippen LogP contribution >= 0.6 is 0 Å². The minimum Gasteiger partial charge on any atom is -0.228 e. The normalized spacial score (nSPS) is 11.3. The summed E-state index contributed by atoms with van der Waals surface area (Å²) in [5, 5.41) is 7.23. The molecule has 0 amide bonds. The van der Waals surface area contributed by atoms with Gasteiger partial charge in [0.05, 0.1) is 11.4 Å². The predicted molar refractivity (Wildman–Crippen MR) is 202 cm³/mol. The topological polar surface area (TPSA) is 25.8 Å². The first-order valence-electron chi connectivity index (χ1n) is 16.3. The zero-order valence-corrected chi connectivity index (χ0v) is 26.2. The second-order valence-corrected chi connectivity index (χ2v) is 12.2. The third-order valence-electron chi connectivity index (χ3n) is 9.26. The molecule has 0 bridgehead atoms. The summed E-state index contributed by atoms with van der Waals surface area (Å²) in [6, 6.07) is 64.5. The third-order valence-corrected chi connectivity index (χ3v) is 9.26. The molecule has 48 heavy (non-hydrogen) atoms. The van der Waals surface area contributed by atoms with Crippen molar-refractivity contribution in [3.05, 3.63) is 182 Å². The van der Waals surface area contributed by atoms with Crippen molar-refractivity contribution in [1.29, 1.82) is 0 Å². The first kappa shape index (κ1) is 27.9. The molecule has 9 rings (SSSR count). The molecule has 0 unspecified atom stereocenters. The van der Waals surface area contributed by atoms with E-state index in [1.165, 1.54) is 43.6 Å². The maximum Gasteiger partial charge on any atom is 0.161 e. The van der Waals surface area contributed by atoms with Crippen LogP contribution in [0.5, 0.6) is 0 Å². The van der Waals surface area contributed by atoms with Crippen LogP contribution < -0.4 is 0 Å². The van der Waals surface area contributed by atoms with Gasteiger partial charge in [0.2, 0.25) is 0 Å². The lowest BCUT2D eigenvalue weighted by atomic mass is 9.96. The van der Waals surface area contributed by atoms with Gasteiger partial charge in [-0.1, -0.05) is 158 Å². The Bertz CT molecular complexity index is 2600. The molecule has 1 aromatic heterocycles. The van der Waals surface area contributed by atoms with E-state index in [0.717, 1.165) is 39.0 Å². The summed E-state index contributed by atoms with van der Waals surface area (Å²) in [7, 11) is 0. The lowest BCUT2D eigenvalue weighted by molar-refractivity contribution is 1.19. The maximum absolute atomic E-state index is 5.27. The van der Waals surface area contributed by atoms with Crippen molar-refractivity contribution >= 4 is 32.3 Å². The van der Waals surface area contributed by atoms with Gasteiger partial charge in [-0.3, -0.25) is 0 Å². The lowest BCUT2D eigenvalue weighted by Gasteiger charge is -2.14. The van der Waals surface area contributed by atoms with Crippen molar-refractivity contribution in [3.8, 4) is 56.2 Å². The molecular weight excluding hydrogens is 581 g/mol. The quantitative estimate of drug-likeness (QED) is 0.181. The van der Waals surface area contributed by atoms with Crippen molar-refractivity contribution in [1.82, 2.24) is 9.97 Å². The minimum absolute atomic E-state index is 0.716. The highest BCUT2D eigenvalue weighted by Crippen LogP contribution is 2.36. The van der Waals surface area contributed by atoms with Gasteiger partial charge in [0.15, 0.2) is 5.82 Å². The molecule has 0 aliphatic carbocycles. The third kappa shape index (κ3) is 5.10. The second kappa shape index (κ2) is 11.8. The molecule has 0 fully saturated rings. The van der Waals surface area contributed by atoms with Gasteiger partial charge in [0.1, 0.15) is 0 Å². The van der Waals surface area contributed by atoms with Crippen LogP contribution in [-0.4, -0.2) is 9.97 Å². The zero-order valence-electron chi connectivity index (χ0n) is 26.2. The fourth-order valence-corrected chi connectivity index (χ4v) is 6.79. The Morgan fingerprint density at radius 3 is 1.62 bits per heavy atom. The highest BCUT2D eigenvalue weighted by Gasteiger charge is 2.15. The molecule has 0 radical (unpaired) electrons. The standard InChI is InChI=1S/C46H30N2/c1-2-11-31(12-3-1)36-16-10-17-39(28-36)45-30-44(34-24-21-33(22-25-34)37-26-23-32-13-4-5-14-35(32)27-37)47-46(48-45)43-29-38-15-6-7-18-40(38)41-19-8-9-20-42(41)43/h1-30H. The molecule has 0 aliphatic heterocycles. The SMILES string of the molecule is c1ccc(-c2cccc(-c3cc(-c4ccc(-c5ccc6ccccc6c5)cc4)nc(-c4cc5ccccc5c5ccccc45)n3)c2)cc1. The van der Waals surface area contributed by atoms with Crippen LogP contribution in [0, 0.1) is 0 Å². The number of hydrogen-bond donors (Lipinski definition) is 0. The minimum atomic E-state index is 0.716. The number of aromatic nitrogens is 2. The van der Waals surface area contributed by atoms with Crippen molar-refractivity contribution in [2.45, 2.75) is 0 Å². The fraction of sp³-hybridized carbons (Fsp3) is 0. The Kier molecular flexibility index (Phi) is 6.84. The predicted octanol–water partition coefficient (Wildman–Crippen LogP) is 12.3. The van der Waals surface area contributed by atoms with Gasteiger partial charge in [-0.25, -0.2) is 9.97 Å². The van der Waals surface area contributed by atoms with Crippen LogP contribution in [0.4, 0.5) is 0 Å². The molecule has 2 nitrogen and oxygen atoms in total. The average Bonchev–Trinajstić information content (AvgIpc) is 3.17. The smallest absolute Gasteiger partial charge is 0.161 e. The Labute approximate surface area is 279 Å². The van der Waals surface area contributed by atoms with Gasteiger partial charge in [0, 0.05) is 16.7 Å². The molecule has 0 N–H and O–H groups in total. The monoisotopic (exact) mass is 610 g/mol. The van der Waals surface area contributed by atoms with E-state index in [1.54, 1.807) is 0 Å². The summed E-state index contributed by atoms with van der Waals surface area (Å²) in [5.41, 5.74) is 9.63. The van der Waals surface area contributed by atoms with Crippen LogP contribution in [0.1, 0.15) is 0 Å². The number of benzene rings is 8. The molecule has 0 atom stereocenters. The Balaban J connectivity index is 1.21. The van der Waals surface area contributed by atoms with Crippen molar-refractivity contribution < 1.29 is 0 Å². The van der Waals surface area contributed by atoms with E-state index in [2.05, 4.69) is 182 Å². The largest absolute Gasteiger partial charge is 0.228 e. The molecular formula is C46H30N2. The van der Waals surface area contributed by atoms with Gasteiger partial charge in [-0.2, -0.15) is 0 Å². The van der Waals surface area contributed by atoms with Crippen LogP contribution in [0.2, 0.25) is 0 Å². The van der Waals surface area contributed by atoms with Crippen LogP contribution in [0.3, 0.4) is 0 Å². The van der Waals surface area contributed by atoms with E-state index in [4.69, 9.17) is 9.97 Å². The number of hydrogen-bond acceptors (Lipinski definition) is 2. The van der Waals surface area contributed by atoms with Crippen LogP contribution in [0.25, 0.3) is 88.5 Å². The highest BCUT2D eigenvalue weighted by atomic mass is 14.9. The van der Waals surface area contributed by atoms with E-state index >= 15 is 0 Å². The summed E-state index contributed by atoms with van der Waals surface area (Å²) in [4.78, 5) is 10.5. The number of rotatable bonds is 5. The van der Waals surface area contributed by atoms with Gasteiger partial charge in [-0.05, 0) is 78.8 Å². The molecule has 0 saturated heterocycles. The molecule has 2 heteroatoms. The fourth-order valence-electron chi connectivity index (χ4n) is 6.79. The van der Waals surface area contributed by atoms with Crippen LogP contribution in [0.15, 0.2) is 182 Å². The maximum atomic E-state index is 5.27. The Hall–Kier alpha value is -6.38.